The van der Waals surface area contributed by atoms with Gasteiger partial charge in [-0.3, -0.25) is 0 Å². The highest BCUT2D eigenvalue weighted by atomic mass is 35.5. The van der Waals surface area contributed by atoms with Gasteiger partial charge in [0.2, 0.25) is 0 Å². The van der Waals surface area contributed by atoms with Crippen LogP contribution in [0, 0.1) is 0 Å². The van der Waals surface area contributed by atoms with Gasteiger partial charge in [0.1, 0.15) is 0 Å². The fourth-order valence-corrected chi connectivity index (χ4v) is 0.962. The van der Waals surface area contributed by atoms with Crippen LogP contribution in [0.2, 0.25) is 5.02 Å². The van der Waals surface area contributed by atoms with Crippen molar-refractivity contribution in [3.63, 3.8) is 0 Å². The first-order valence-corrected chi connectivity index (χ1v) is 3.35. The van der Waals surface area contributed by atoms with E-state index in [1.807, 2.05) is 6.07 Å². The standard InChI is InChI=1S/C8H10ClN/c1-10-6-7-3-2-4-8(9)5-7/h2-5,10H,6H2,1H3/i1D3. The van der Waals surface area contributed by atoms with Gasteiger partial charge in [0.15, 0.2) is 0 Å². The third-order valence-corrected chi connectivity index (χ3v) is 1.42. The summed E-state index contributed by atoms with van der Waals surface area (Å²) in [6, 6.07) is 7.10. The SMILES string of the molecule is [2H]C([2H])([2H])NCc1cccc(Cl)c1. The number of hydrogen-bond acceptors (Lipinski definition) is 1. The van der Waals surface area contributed by atoms with Crippen molar-refractivity contribution in [2.45, 2.75) is 6.54 Å². The van der Waals surface area contributed by atoms with E-state index in [0.29, 0.717) is 11.6 Å². The minimum absolute atomic E-state index is 0.303. The van der Waals surface area contributed by atoms with E-state index in [-0.39, 0.29) is 0 Å². The molecule has 2 heteroatoms. The summed E-state index contributed by atoms with van der Waals surface area (Å²) in [5.74, 6) is 0. The summed E-state index contributed by atoms with van der Waals surface area (Å²) in [6.07, 6.45) is 0. The van der Waals surface area contributed by atoms with Crippen LogP contribution in [0.25, 0.3) is 0 Å². The summed E-state index contributed by atoms with van der Waals surface area (Å²) in [4.78, 5) is 0. The molecule has 1 rings (SSSR count). The molecule has 0 atom stereocenters. The number of nitrogens with one attached hydrogen (secondary N) is 1. The molecule has 0 heterocycles. The van der Waals surface area contributed by atoms with Crippen LogP contribution >= 0.6 is 11.6 Å². The van der Waals surface area contributed by atoms with Gasteiger partial charge in [0.25, 0.3) is 0 Å². The van der Waals surface area contributed by atoms with Crippen LogP contribution in [0.4, 0.5) is 0 Å². The molecule has 54 valence electrons. The fourth-order valence-electron chi connectivity index (χ4n) is 0.749. The Hall–Kier alpha value is -0.530. The fraction of sp³-hybridized carbons (Fsp3) is 0.250. The first-order valence-electron chi connectivity index (χ1n) is 4.47. The highest BCUT2D eigenvalue weighted by Gasteiger charge is 1.89. The molecule has 1 aromatic rings. The molecular weight excluding hydrogens is 146 g/mol. The lowest BCUT2D eigenvalue weighted by Gasteiger charge is -1.98. The summed E-state index contributed by atoms with van der Waals surface area (Å²) < 4.78 is 20.8. The molecule has 0 amide bonds. The number of rotatable bonds is 2. The maximum atomic E-state index is 6.92. The summed E-state index contributed by atoms with van der Waals surface area (Å²) >= 11 is 5.73. The Labute approximate surface area is 70.2 Å². The first-order chi connectivity index (χ1) is 5.97. The van der Waals surface area contributed by atoms with Gasteiger partial charge >= 0.3 is 0 Å². The van der Waals surface area contributed by atoms with Crippen molar-refractivity contribution < 1.29 is 4.11 Å². The molecule has 0 aromatic heterocycles. The predicted molar refractivity (Wildman–Crippen MR) is 44.2 cm³/mol. The van der Waals surface area contributed by atoms with Gasteiger partial charge in [-0.15, -0.1) is 0 Å². The van der Waals surface area contributed by atoms with E-state index in [1.54, 1.807) is 18.2 Å². The van der Waals surface area contributed by atoms with Crippen molar-refractivity contribution >= 4 is 11.6 Å². The van der Waals surface area contributed by atoms with Crippen molar-refractivity contribution in [2.24, 2.45) is 0 Å². The van der Waals surface area contributed by atoms with Crippen LogP contribution in [0.1, 0.15) is 9.68 Å². The quantitative estimate of drug-likeness (QED) is 0.695. The maximum absolute atomic E-state index is 6.92. The smallest absolute Gasteiger partial charge is 0.0409 e. The minimum atomic E-state index is -2.09. The third-order valence-electron chi connectivity index (χ3n) is 1.18. The van der Waals surface area contributed by atoms with E-state index in [1.165, 1.54) is 0 Å². The summed E-state index contributed by atoms with van der Waals surface area (Å²) in [5.41, 5.74) is 0.864. The highest BCUT2D eigenvalue weighted by Crippen LogP contribution is 2.09. The van der Waals surface area contributed by atoms with Gasteiger partial charge < -0.3 is 5.32 Å². The van der Waals surface area contributed by atoms with Gasteiger partial charge in [-0.05, 0) is 24.7 Å². The summed E-state index contributed by atoms with van der Waals surface area (Å²) in [6.45, 7) is -1.79. The summed E-state index contributed by atoms with van der Waals surface area (Å²) in [7, 11) is 0. The molecular formula is C8H10ClN. The molecule has 0 spiro atoms. The molecule has 1 aromatic carbocycles. The molecule has 10 heavy (non-hydrogen) atoms. The van der Waals surface area contributed by atoms with E-state index in [0.717, 1.165) is 5.56 Å². The second-order valence-electron chi connectivity index (χ2n) is 1.98. The van der Waals surface area contributed by atoms with Gasteiger partial charge in [0.05, 0.1) is 0 Å². The normalized spacial score (nSPS) is 15.5. The van der Waals surface area contributed by atoms with Crippen LogP contribution in [-0.2, 0) is 6.54 Å². The van der Waals surface area contributed by atoms with Crippen molar-refractivity contribution in [1.82, 2.24) is 5.32 Å². The van der Waals surface area contributed by atoms with Crippen LogP contribution in [0.3, 0.4) is 0 Å². The van der Waals surface area contributed by atoms with Gasteiger partial charge in [-0.1, -0.05) is 23.7 Å². The lowest BCUT2D eigenvalue weighted by molar-refractivity contribution is 0.818. The average Bonchev–Trinajstić information content (AvgIpc) is 2.00. The molecule has 0 radical (unpaired) electrons. The third kappa shape index (κ3) is 2.01. The lowest BCUT2D eigenvalue weighted by atomic mass is 10.2. The molecule has 0 aliphatic carbocycles. The van der Waals surface area contributed by atoms with Crippen molar-refractivity contribution in [3.8, 4) is 0 Å². The molecule has 1 nitrogen and oxygen atoms in total. The Kier molecular flexibility index (Phi) is 1.57. The van der Waals surface area contributed by atoms with E-state index in [2.05, 4.69) is 5.32 Å². The molecule has 1 N–H and O–H groups in total. The van der Waals surface area contributed by atoms with E-state index in [9.17, 15) is 0 Å². The Morgan fingerprint density at radius 2 is 2.60 bits per heavy atom. The largest absolute Gasteiger partial charge is 0.316 e. The van der Waals surface area contributed by atoms with E-state index >= 15 is 0 Å². The maximum Gasteiger partial charge on any atom is 0.0409 e. The predicted octanol–water partition coefficient (Wildman–Crippen LogP) is 2.06. The number of halogens is 1. The lowest BCUT2D eigenvalue weighted by Crippen LogP contribution is -2.04. The minimum Gasteiger partial charge on any atom is -0.316 e. The topological polar surface area (TPSA) is 12.0 Å². The zero-order valence-electron chi connectivity index (χ0n) is 8.39. The van der Waals surface area contributed by atoms with Gasteiger partial charge in [-0.2, -0.15) is 0 Å². The summed E-state index contributed by atoms with van der Waals surface area (Å²) in [5, 5.41) is 3.02. The number of hydrogen-bond donors (Lipinski definition) is 1. The molecule has 0 unspecified atom stereocenters. The molecule has 0 bridgehead atoms. The first kappa shape index (κ1) is 4.37. The van der Waals surface area contributed by atoms with Gasteiger partial charge in [0, 0.05) is 15.7 Å². The second-order valence-corrected chi connectivity index (χ2v) is 2.42. The second kappa shape index (κ2) is 3.59. The Morgan fingerprint density at radius 3 is 3.30 bits per heavy atom. The Morgan fingerprint density at radius 1 is 1.70 bits per heavy atom. The molecule has 0 aliphatic heterocycles. The zero-order valence-corrected chi connectivity index (χ0v) is 6.15. The molecule has 0 aliphatic rings. The Bertz CT molecular complexity index is 285. The van der Waals surface area contributed by atoms with Gasteiger partial charge in [-0.25, -0.2) is 0 Å². The van der Waals surface area contributed by atoms with Crippen LogP contribution in [0.15, 0.2) is 24.3 Å². The van der Waals surface area contributed by atoms with Crippen LogP contribution < -0.4 is 5.32 Å². The highest BCUT2D eigenvalue weighted by molar-refractivity contribution is 6.30. The zero-order chi connectivity index (χ0) is 9.90. The van der Waals surface area contributed by atoms with Crippen LogP contribution in [-0.4, -0.2) is 6.98 Å². The van der Waals surface area contributed by atoms with Crippen molar-refractivity contribution in [2.75, 3.05) is 6.98 Å². The van der Waals surface area contributed by atoms with Crippen molar-refractivity contribution in [1.29, 1.82) is 0 Å². The molecule has 0 saturated carbocycles. The monoisotopic (exact) mass is 158 g/mol. The van der Waals surface area contributed by atoms with Crippen LogP contribution in [0.5, 0.6) is 0 Å². The van der Waals surface area contributed by atoms with E-state index < -0.39 is 6.98 Å². The van der Waals surface area contributed by atoms with Crippen molar-refractivity contribution in [3.05, 3.63) is 34.9 Å². The average molecular weight is 159 g/mol. The molecule has 0 fully saturated rings. The number of benzene rings is 1. The Balaban J connectivity index is 2.55. The van der Waals surface area contributed by atoms with E-state index in [4.69, 9.17) is 15.7 Å². The molecule has 0 saturated heterocycles.